The van der Waals surface area contributed by atoms with Crippen LogP contribution in [0.1, 0.15) is 20.3 Å². The number of nitrogen functional groups attached to an aromatic ring is 1. The second-order valence-corrected chi connectivity index (χ2v) is 4.08. The Morgan fingerprint density at radius 3 is 2.88 bits per heavy atom. The highest BCUT2D eigenvalue weighted by Gasteiger charge is 2.05. The van der Waals surface area contributed by atoms with Gasteiger partial charge in [0.05, 0.1) is 0 Å². The zero-order valence-corrected chi connectivity index (χ0v) is 9.70. The molecule has 1 aromatic carbocycles. The van der Waals surface area contributed by atoms with Crippen molar-refractivity contribution in [3.8, 4) is 0 Å². The molecular weight excluding hydrogens is 198 g/mol. The number of nitrogens with two attached hydrogens (primary N) is 1. The fourth-order valence-corrected chi connectivity index (χ4v) is 1.71. The summed E-state index contributed by atoms with van der Waals surface area (Å²) < 4.78 is 0. The third kappa shape index (κ3) is 1.94. The molecular formula is C13H17N3. The number of rotatable bonds is 3. The van der Waals surface area contributed by atoms with Crippen LogP contribution >= 0.6 is 0 Å². The highest BCUT2D eigenvalue weighted by molar-refractivity contribution is 6.00. The standard InChI is InChI=1S/C13H17N3/c1-3-9(2)16-13-5-4-12(14)11-8-15-7-6-10(11)13/h4-9,16H,3,14H2,1-2H3. The van der Waals surface area contributed by atoms with E-state index in [2.05, 4.69) is 24.1 Å². The molecule has 3 N–H and O–H groups in total. The van der Waals surface area contributed by atoms with E-state index < -0.39 is 0 Å². The van der Waals surface area contributed by atoms with Gasteiger partial charge in [0.2, 0.25) is 0 Å². The molecule has 2 rings (SSSR count). The Labute approximate surface area is 95.7 Å². The highest BCUT2D eigenvalue weighted by Crippen LogP contribution is 2.27. The summed E-state index contributed by atoms with van der Waals surface area (Å²) in [5.74, 6) is 0. The molecule has 0 aliphatic rings. The fraction of sp³-hybridized carbons (Fsp3) is 0.308. The maximum absolute atomic E-state index is 5.92. The quantitative estimate of drug-likeness (QED) is 0.774. The van der Waals surface area contributed by atoms with Gasteiger partial charge in [-0.3, -0.25) is 4.98 Å². The van der Waals surface area contributed by atoms with Crippen molar-refractivity contribution in [2.45, 2.75) is 26.3 Å². The minimum Gasteiger partial charge on any atom is -0.398 e. The summed E-state index contributed by atoms with van der Waals surface area (Å²) in [5.41, 5.74) is 7.82. The summed E-state index contributed by atoms with van der Waals surface area (Å²) >= 11 is 0. The average Bonchev–Trinajstić information content (AvgIpc) is 2.33. The first kappa shape index (κ1) is 10.7. The van der Waals surface area contributed by atoms with Crippen LogP contribution in [0.15, 0.2) is 30.6 Å². The Morgan fingerprint density at radius 1 is 1.31 bits per heavy atom. The van der Waals surface area contributed by atoms with Gasteiger partial charge in [-0.2, -0.15) is 0 Å². The molecule has 0 radical (unpaired) electrons. The van der Waals surface area contributed by atoms with Crippen molar-refractivity contribution < 1.29 is 0 Å². The lowest BCUT2D eigenvalue weighted by Crippen LogP contribution is -2.13. The van der Waals surface area contributed by atoms with Crippen molar-refractivity contribution in [2.24, 2.45) is 0 Å². The van der Waals surface area contributed by atoms with Gasteiger partial charge in [0.15, 0.2) is 0 Å². The molecule has 0 saturated carbocycles. The lowest BCUT2D eigenvalue weighted by Gasteiger charge is -2.15. The van der Waals surface area contributed by atoms with Gasteiger partial charge in [-0.25, -0.2) is 0 Å². The van der Waals surface area contributed by atoms with Gasteiger partial charge >= 0.3 is 0 Å². The van der Waals surface area contributed by atoms with E-state index >= 15 is 0 Å². The number of nitrogens with one attached hydrogen (secondary N) is 1. The summed E-state index contributed by atoms with van der Waals surface area (Å²) in [6, 6.07) is 6.41. The van der Waals surface area contributed by atoms with Crippen LogP contribution in [0.2, 0.25) is 0 Å². The van der Waals surface area contributed by atoms with Crippen LogP contribution in [0.4, 0.5) is 11.4 Å². The molecule has 0 fully saturated rings. The summed E-state index contributed by atoms with van der Waals surface area (Å²) in [4.78, 5) is 4.11. The van der Waals surface area contributed by atoms with E-state index in [-0.39, 0.29) is 0 Å². The highest BCUT2D eigenvalue weighted by atomic mass is 14.9. The van der Waals surface area contributed by atoms with Crippen LogP contribution in [-0.4, -0.2) is 11.0 Å². The topological polar surface area (TPSA) is 50.9 Å². The van der Waals surface area contributed by atoms with Crippen molar-refractivity contribution in [3.05, 3.63) is 30.6 Å². The molecule has 0 amide bonds. The maximum Gasteiger partial charge on any atom is 0.0424 e. The molecule has 1 unspecified atom stereocenters. The monoisotopic (exact) mass is 215 g/mol. The second-order valence-electron chi connectivity index (χ2n) is 4.08. The normalized spacial score (nSPS) is 12.6. The van der Waals surface area contributed by atoms with Crippen LogP contribution < -0.4 is 11.1 Å². The van der Waals surface area contributed by atoms with E-state index in [1.807, 2.05) is 24.4 Å². The number of hydrogen-bond donors (Lipinski definition) is 2. The van der Waals surface area contributed by atoms with Gasteiger partial charge in [-0.1, -0.05) is 6.92 Å². The van der Waals surface area contributed by atoms with Crippen LogP contribution in [-0.2, 0) is 0 Å². The van der Waals surface area contributed by atoms with Gasteiger partial charge in [0, 0.05) is 40.6 Å². The largest absolute Gasteiger partial charge is 0.398 e. The first-order valence-electron chi connectivity index (χ1n) is 5.61. The lowest BCUT2D eigenvalue weighted by atomic mass is 10.1. The minimum absolute atomic E-state index is 0.458. The molecule has 84 valence electrons. The second kappa shape index (κ2) is 4.39. The van der Waals surface area contributed by atoms with Crippen molar-refractivity contribution >= 4 is 22.1 Å². The van der Waals surface area contributed by atoms with Crippen LogP contribution in [0.25, 0.3) is 10.8 Å². The number of nitrogens with zero attached hydrogens (tertiary/aromatic N) is 1. The Morgan fingerprint density at radius 2 is 2.12 bits per heavy atom. The van der Waals surface area contributed by atoms with Gasteiger partial charge in [-0.05, 0) is 31.5 Å². The fourth-order valence-electron chi connectivity index (χ4n) is 1.71. The summed E-state index contributed by atoms with van der Waals surface area (Å²) in [6.07, 6.45) is 4.70. The van der Waals surface area contributed by atoms with Crippen molar-refractivity contribution in [3.63, 3.8) is 0 Å². The molecule has 0 aliphatic heterocycles. The molecule has 1 aromatic heterocycles. The molecule has 0 bridgehead atoms. The van der Waals surface area contributed by atoms with E-state index in [9.17, 15) is 0 Å². The van der Waals surface area contributed by atoms with E-state index in [1.54, 1.807) is 6.20 Å². The predicted molar refractivity (Wildman–Crippen MR) is 69.5 cm³/mol. The zero-order chi connectivity index (χ0) is 11.5. The molecule has 0 saturated heterocycles. The number of anilines is 2. The Bertz CT molecular complexity index is 494. The number of fused-ring (bicyclic) bond motifs is 1. The van der Waals surface area contributed by atoms with Gasteiger partial charge < -0.3 is 11.1 Å². The molecule has 0 spiro atoms. The zero-order valence-electron chi connectivity index (χ0n) is 9.70. The minimum atomic E-state index is 0.458. The van der Waals surface area contributed by atoms with E-state index in [4.69, 9.17) is 5.73 Å². The van der Waals surface area contributed by atoms with E-state index in [0.717, 1.165) is 28.6 Å². The summed E-state index contributed by atoms with van der Waals surface area (Å²) in [5, 5.41) is 5.62. The Hall–Kier alpha value is -1.77. The average molecular weight is 215 g/mol. The molecule has 3 nitrogen and oxygen atoms in total. The van der Waals surface area contributed by atoms with Gasteiger partial charge in [-0.15, -0.1) is 0 Å². The molecule has 16 heavy (non-hydrogen) atoms. The number of hydrogen-bond acceptors (Lipinski definition) is 3. The number of pyridine rings is 1. The van der Waals surface area contributed by atoms with Crippen LogP contribution in [0.3, 0.4) is 0 Å². The van der Waals surface area contributed by atoms with E-state index in [0.29, 0.717) is 6.04 Å². The third-order valence-corrected chi connectivity index (χ3v) is 2.87. The third-order valence-electron chi connectivity index (χ3n) is 2.87. The number of aromatic nitrogens is 1. The smallest absolute Gasteiger partial charge is 0.0424 e. The summed E-state index contributed by atoms with van der Waals surface area (Å²) in [7, 11) is 0. The molecule has 0 aliphatic carbocycles. The Balaban J connectivity index is 2.50. The predicted octanol–water partition coefficient (Wildman–Crippen LogP) is 3.03. The van der Waals surface area contributed by atoms with Crippen molar-refractivity contribution in [1.29, 1.82) is 0 Å². The maximum atomic E-state index is 5.92. The SMILES string of the molecule is CCC(C)Nc1ccc(N)c2cnccc12. The molecule has 3 heteroatoms. The van der Waals surface area contributed by atoms with Crippen molar-refractivity contribution in [2.75, 3.05) is 11.1 Å². The van der Waals surface area contributed by atoms with Gasteiger partial charge in [0.1, 0.15) is 0 Å². The number of benzene rings is 1. The molecule has 2 aromatic rings. The van der Waals surface area contributed by atoms with Gasteiger partial charge in [0.25, 0.3) is 0 Å². The summed E-state index contributed by atoms with van der Waals surface area (Å²) in [6.45, 7) is 4.34. The van der Waals surface area contributed by atoms with E-state index in [1.165, 1.54) is 0 Å². The molecule has 1 heterocycles. The first-order chi connectivity index (χ1) is 7.72. The lowest BCUT2D eigenvalue weighted by molar-refractivity contribution is 0.765. The molecule has 1 atom stereocenters. The van der Waals surface area contributed by atoms with Crippen LogP contribution in [0, 0.1) is 0 Å². The first-order valence-corrected chi connectivity index (χ1v) is 5.61. The van der Waals surface area contributed by atoms with Crippen LogP contribution in [0.5, 0.6) is 0 Å². The Kier molecular flexibility index (Phi) is 2.95. The van der Waals surface area contributed by atoms with Crippen molar-refractivity contribution in [1.82, 2.24) is 4.98 Å².